The minimum absolute atomic E-state index is 0.195. The number of alkyl halides is 3. The van der Waals surface area contributed by atoms with E-state index >= 15 is 0 Å². The van der Waals surface area contributed by atoms with Crippen molar-refractivity contribution in [1.29, 1.82) is 0 Å². The van der Waals surface area contributed by atoms with Crippen LogP contribution < -0.4 is 10.7 Å². The molecule has 0 aliphatic rings. The van der Waals surface area contributed by atoms with Crippen LogP contribution in [0.2, 0.25) is 0 Å². The Morgan fingerprint density at radius 1 is 1.22 bits per heavy atom. The van der Waals surface area contributed by atoms with Crippen molar-refractivity contribution in [3.8, 4) is 5.69 Å². The van der Waals surface area contributed by atoms with Crippen molar-refractivity contribution in [1.82, 2.24) is 15.1 Å². The SMILES string of the molecule is CCCC(C)(C)NC(=O)c1nn(-c2ccccc2C(F)(F)F)c(C)cc1=O. The average Bonchev–Trinajstić information content (AvgIpc) is 2.53. The number of aryl methyl sites for hydroxylation is 1. The van der Waals surface area contributed by atoms with Crippen LogP contribution in [0.3, 0.4) is 0 Å². The van der Waals surface area contributed by atoms with E-state index in [0.717, 1.165) is 23.2 Å². The van der Waals surface area contributed by atoms with Crippen molar-refractivity contribution in [2.24, 2.45) is 0 Å². The number of rotatable bonds is 5. The van der Waals surface area contributed by atoms with Gasteiger partial charge in [0.05, 0.1) is 11.3 Å². The first kappa shape index (κ1) is 20.7. The summed E-state index contributed by atoms with van der Waals surface area (Å²) in [4.78, 5) is 24.8. The van der Waals surface area contributed by atoms with Crippen molar-refractivity contribution in [2.45, 2.75) is 52.3 Å². The number of nitrogens with one attached hydrogen (secondary N) is 1. The van der Waals surface area contributed by atoms with E-state index in [-0.39, 0.29) is 11.4 Å². The van der Waals surface area contributed by atoms with E-state index in [1.54, 1.807) is 13.8 Å². The number of hydrogen-bond acceptors (Lipinski definition) is 3. The van der Waals surface area contributed by atoms with Crippen LogP contribution in [0.1, 0.15) is 55.4 Å². The van der Waals surface area contributed by atoms with Crippen LogP contribution in [-0.2, 0) is 6.18 Å². The number of benzene rings is 1. The van der Waals surface area contributed by atoms with E-state index in [0.29, 0.717) is 6.42 Å². The fraction of sp³-hybridized carbons (Fsp3) is 0.421. The topological polar surface area (TPSA) is 64.0 Å². The predicted molar refractivity (Wildman–Crippen MR) is 96.0 cm³/mol. The second-order valence-electron chi connectivity index (χ2n) is 7.01. The van der Waals surface area contributed by atoms with Gasteiger partial charge in [-0.1, -0.05) is 25.5 Å². The second-order valence-corrected chi connectivity index (χ2v) is 7.01. The average molecular weight is 381 g/mol. The van der Waals surface area contributed by atoms with Gasteiger partial charge in [-0.05, 0) is 39.3 Å². The van der Waals surface area contributed by atoms with Crippen LogP contribution in [0.25, 0.3) is 5.69 Å². The number of hydrogen-bond donors (Lipinski definition) is 1. The maximum absolute atomic E-state index is 13.3. The third-order valence-electron chi connectivity index (χ3n) is 4.09. The predicted octanol–water partition coefficient (Wildman–Crippen LogP) is 3.87. The molecule has 1 aromatic carbocycles. The number of amides is 1. The van der Waals surface area contributed by atoms with Gasteiger partial charge in [-0.25, -0.2) is 4.68 Å². The third-order valence-corrected chi connectivity index (χ3v) is 4.09. The van der Waals surface area contributed by atoms with Gasteiger partial charge in [0.15, 0.2) is 5.69 Å². The number of halogens is 3. The van der Waals surface area contributed by atoms with Crippen molar-refractivity contribution < 1.29 is 18.0 Å². The van der Waals surface area contributed by atoms with E-state index in [1.165, 1.54) is 25.1 Å². The molecule has 1 amide bonds. The normalized spacial score (nSPS) is 12.1. The van der Waals surface area contributed by atoms with Gasteiger partial charge in [0.1, 0.15) is 0 Å². The first-order valence-corrected chi connectivity index (χ1v) is 8.56. The molecule has 27 heavy (non-hydrogen) atoms. The largest absolute Gasteiger partial charge is 0.418 e. The maximum atomic E-state index is 13.3. The quantitative estimate of drug-likeness (QED) is 0.855. The number of carbonyl (C=O) groups excluding carboxylic acids is 1. The van der Waals surface area contributed by atoms with Crippen LogP contribution >= 0.6 is 0 Å². The molecule has 0 saturated carbocycles. The molecule has 0 saturated heterocycles. The number of para-hydroxylation sites is 1. The molecule has 0 radical (unpaired) electrons. The van der Waals surface area contributed by atoms with Crippen molar-refractivity contribution in [2.75, 3.05) is 0 Å². The Morgan fingerprint density at radius 2 is 1.85 bits per heavy atom. The van der Waals surface area contributed by atoms with Crippen molar-refractivity contribution in [3.05, 3.63) is 57.5 Å². The third kappa shape index (κ3) is 4.75. The summed E-state index contributed by atoms with van der Waals surface area (Å²) in [6.07, 6.45) is -3.10. The molecule has 0 aliphatic carbocycles. The molecular weight excluding hydrogens is 359 g/mol. The Balaban J connectivity index is 2.56. The molecule has 146 valence electrons. The number of carbonyl (C=O) groups is 1. The summed E-state index contributed by atoms with van der Waals surface area (Å²) in [6.45, 7) is 7.03. The Hall–Kier alpha value is -2.64. The van der Waals surface area contributed by atoms with Crippen LogP contribution in [0, 0.1) is 6.92 Å². The Kier molecular flexibility index (Phi) is 5.77. The number of aromatic nitrogens is 2. The lowest BCUT2D eigenvalue weighted by molar-refractivity contribution is -0.137. The van der Waals surface area contributed by atoms with Crippen LogP contribution in [0.15, 0.2) is 35.1 Å². The first-order valence-electron chi connectivity index (χ1n) is 8.56. The molecule has 2 aromatic rings. The highest BCUT2D eigenvalue weighted by Gasteiger charge is 2.34. The maximum Gasteiger partial charge on any atom is 0.418 e. The summed E-state index contributed by atoms with van der Waals surface area (Å²) in [5, 5.41) is 6.67. The van der Waals surface area contributed by atoms with Gasteiger partial charge in [-0.2, -0.15) is 18.3 Å². The van der Waals surface area contributed by atoms with E-state index in [1.807, 2.05) is 6.92 Å². The molecule has 5 nitrogen and oxygen atoms in total. The molecule has 0 spiro atoms. The van der Waals surface area contributed by atoms with E-state index < -0.39 is 34.3 Å². The van der Waals surface area contributed by atoms with Crippen LogP contribution in [0.4, 0.5) is 13.2 Å². The molecular formula is C19H22F3N3O2. The summed E-state index contributed by atoms with van der Waals surface area (Å²) in [5.41, 5.74) is -2.60. The molecule has 1 aromatic heterocycles. The lowest BCUT2D eigenvalue weighted by atomic mass is 9.99. The molecule has 8 heteroatoms. The Labute approximate surface area is 155 Å². The molecule has 1 heterocycles. The Morgan fingerprint density at radius 3 is 2.44 bits per heavy atom. The fourth-order valence-electron chi connectivity index (χ4n) is 2.90. The van der Waals surface area contributed by atoms with Gasteiger partial charge in [-0.15, -0.1) is 0 Å². The molecule has 0 bridgehead atoms. The minimum atomic E-state index is -4.60. The van der Waals surface area contributed by atoms with Crippen molar-refractivity contribution >= 4 is 5.91 Å². The zero-order valence-electron chi connectivity index (χ0n) is 15.6. The highest BCUT2D eigenvalue weighted by molar-refractivity contribution is 5.92. The monoisotopic (exact) mass is 381 g/mol. The van der Waals surface area contributed by atoms with Crippen LogP contribution in [0.5, 0.6) is 0 Å². The van der Waals surface area contributed by atoms with E-state index in [2.05, 4.69) is 10.4 Å². The van der Waals surface area contributed by atoms with Crippen LogP contribution in [-0.4, -0.2) is 21.2 Å². The van der Waals surface area contributed by atoms with Gasteiger partial charge in [0.25, 0.3) is 5.91 Å². The lowest BCUT2D eigenvalue weighted by Crippen LogP contribution is -2.45. The van der Waals surface area contributed by atoms with E-state index in [4.69, 9.17) is 0 Å². The molecule has 0 aliphatic heterocycles. The summed E-state index contributed by atoms with van der Waals surface area (Å²) >= 11 is 0. The Bertz CT molecular complexity index is 902. The lowest BCUT2D eigenvalue weighted by Gasteiger charge is -2.25. The van der Waals surface area contributed by atoms with E-state index in [9.17, 15) is 22.8 Å². The summed E-state index contributed by atoms with van der Waals surface area (Å²) in [7, 11) is 0. The smallest absolute Gasteiger partial charge is 0.346 e. The highest BCUT2D eigenvalue weighted by Crippen LogP contribution is 2.33. The van der Waals surface area contributed by atoms with Crippen molar-refractivity contribution in [3.63, 3.8) is 0 Å². The van der Waals surface area contributed by atoms with Gasteiger partial charge < -0.3 is 5.32 Å². The zero-order valence-corrected chi connectivity index (χ0v) is 15.6. The number of nitrogens with zero attached hydrogens (tertiary/aromatic N) is 2. The molecule has 2 rings (SSSR count). The minimum Gasteiger partial charge on any atom is -0.346 e. The molecule has 1 N–H and O–H groups in total. The molecule has 0 atom stereocenters. The molecule has 0 unspecified atom stereocenters. The van der Waals surface area contributed by atoms with Gasteiger partial charge in [0, 0.05) is 17.3 Å². The molecule has 0 fully saturated rings. The fourth-order valence-corrected chi connectivity index (χ4v) is 2.90. The van der Waals surface area contributed by atoms with Gasteiger partial charge >= 0.3 is 6.18 Å². The zero-order chi connectivity index (χ0) is 20.4. The highest BCUT2D eigenvalue weighted by atomic mass is 19.4. The van der Waals surface area contributed by atoms with Gasteiger partial charge in [0.2, 0.25) is 5.43 Å². The summed E-state index contributed by atoms with van der Waals surface area (Å²) < 4.78 is 41.0. The van der Waals surface area contributed by atoms with Gasteiger partial charge in [-0.3, -0.25) is 9.59 Å². The summed E-state index contributed by atoms with van der Waals surface area (Å²) in [5.74, 6) is -0.711. The second kappa shape index (κ2) is 7.54. The first-order chi connectivity index (χ1) is 12.5. The summed E-state index contributed by atoms with van der Waals surface area (Å²) in [6, 6.07) is 6.00. The standard InChI is InChI=1S/C19H22F3N3O2/c1-5-10-18(3,4)23-17(27)16-15(26)11-12(2)25(24-16)14-9-7-6-8-13(14)19(20,21)22/h6-9,11H,5,10H2,1-4H3,(H,23,27).